The average Bonchev–Trinajstić information content (AvgIpc) is 3.11. The molecule has 0 aliphatic carbocycles. The number of carbonyl (C=O) groups excluding carboxylic acids is 1. The molecule has 30 heavy (non-hydrogen) atoms. The molecule has 0 saturated heterocycles. The third-order valence-corrected chi connectivity index (χ3v) is 4.86. The van der Waals surface area contributed by atoms with Crippen molar-refractivity contribution < 1.29 is 4.79 Å². The van der Waals surface area contributed by atoms with Crippen LogP contribution in [-0.4, -0.2) is 35.4 Å². The summed E-state index contributed by atoms with van der Waals surface area (Å²) in [6, 6.07) is 15.9. The Balaban J connectivity index is 1.59. The predicted molar refractivity (Wildman–Crippen MR) is 114 cm³/mol. The number of hydrogen-bond acceptors (Lipinski definition) is 5. The molecule has 1 aromatic carbocycles. The topological polar surface area (TPSA) is 76.3 Å². The van der Waals surface area contributed by atoms with Crippen molar-refractivity contribution in [2.45, 2.75) is 40.3 Å². The molecule has 3 heterocycles. The third kappa shape index (κ3) is 4.51. The third-order valence-electron chi connectivity index (χ3n) is 4.86. The van der Waals surface area contributed by atoms with Gasteiger partial charge in [0.15, 0.2) is 5.82 Å². The second kappa shape index (κ2) is 8.41. The van der Waals surface area contributed by atoms with Crippen molar-refractivity contribution in [1.82, 2.24) is 29.5 Å². The maximum atomic E-state index is 13.2. The van der Waals surface area contributed by atoms with Crippen LogP contribution in [0.1, 0.15) is 34.0 Å². The number of pyridine rings is 1. The highest BCUT2D eigenvalue weighted by Crippen LogP contribution is 2.13. The average molecular weight is 400 g/mol. The zero-order chi connectivity index (χ0) is 21.1. The zero-order valence-corrected chi connectivity index (χ0v) is 17.4. The second-order valence-electron chi connectivity index (χ2n) is 7.52. The van der Waals surface area contributed by atoms with Gasteiger partial charge in [0.05, 0.1) is 18.7 Å². The molecule has 7 nitrogen and oxygen atoms in total. The van der Waals surface area contributed by atoms with Gasteiger partial charge in [-0.25, -0.2) is 9.50 Å². The molecule has 0 atom stereocenters. The minimum absolute atomic E-state index is 0.0487. The number of benzene rings is 1. The van der Waals surface area contributed by atoms with Crippen molar-refractivity contribution in [3.8, 4) is 0 Å². The lowest BCUT2D eigenvalue weighted by Gasteiger charge is -2.22. The summed E-state index contributed by atoms with van der Waals surface area (Å²) in [4.78, 5) is 28.3. The van der Waals surface area contributed by atoms with Crippen LogP contribution in [0.2, 0.25) is 0 Å². The smallest absolute Gasteiger partial charge is 0.252 e. The molecule has 0 radical (unpaired) electrons. The molecule has 7 heteroatoms. The first-order valence-corrected chi connectivity index (χ1v) is 9.91. The van der Waals surface area contributed by atoms with Gasteiger partial charge in [0, 0.05) is 24.1 Å². The van der Waals surface area contributed by atoms with Gasteiger partial charge in [-0.1, -0.05) is 35.9 Å². The first kappa shape index (κ1) is 19.7. The highest BCUT2D eigenvalue weighted by molar-refractivity contribution is 5.78. The van der Waals surface area contributed by atoms with E-state index in [0.717, 1.165) is 28.2 Å². The molecule has 4 rings (SSSR count). The molecule has 0 unspecified atom stereocenters. The molecule has 1 amide bonds. The van der Waals surface area contributed by atoms with E-state index in [9.17, 15) is 4.79 Å². The molecule has 0 N–H and O–H groups in total. The molecule has 0 spiro atoms. The van der Waals surface area contributed by atoms with Gasteiger partial charge in [-0.2, -0.15) is 4.98 Å². The van der Waals surface area contributed by atoms with Crippen molar-refractivity contribution >= 4 is 11.7 Å². The van der Waals surface area contributed by atoms with Crippen LogP contribution >= 0.6 is 0 Å². The number of aryl methyl sites for hydroxylation is 3. The molecule has 0 aliphatic heterocycles. The standard InChI is InChI=1S/C23H24N6O/c1-16-7-6-8-19(11-16)14-28(15-20-9-4-5-10-24-20)22(30)13-21-26-23-25-17(2)12-18(3)29(23)27-21/h4-12H,13-15H2,1-3H3. The van der Waals surface area contributed by atoms with Crippen LogP contribution in [0.4, 0.5) is 0 Å². The SMILES string of the molecule is Cc1cccc(CN(Cc2ccccn2)C(=O)Cc2nc3nc(C)cc(C)n3n2)c1. The minimum Gasteiger partial charge on any atom is -0.332 e. The number of carbonyl (C=O) groups is 1. The van der Waals surface area contributed by atoms with E-state index in [1.54, 1.807) is 15.6 Å². The fraction of sp³-hybridized carbons (Fsp3) is 0.261. The largest absolute Gasteiger partial charge is 0.332 e. The Morgan fingerprint density at radius 2 is 1.87 bits per heavy atom. The lowest BCUT2D eigenvalue weighted by molar-refractivity contribution is -0.131. The van der Waals surface area contributed by atoms with Gasteiger partial charge in [-0.15, -0.1) is 5.10 Å². The molecule has 152 valence electrons. The summed E-state index contributed by atoms with van der Waals surface area (Å²) in [6.45, 7) is 6.85. The fourth-order valence-corrected chi connectivity index (χ4v) is 3.48. The van der Waals surface area contributed by atoms with Gasteiger partial charge in [-0.3, -0.25) is 9.78 Å². The first-order chi connectivity index (χ1) is 14.5. The Morgan fingerprint density at radius 1 is 1.00 bits per heavy atom. The van der Waals surface area contributed by atoms with Gasteiger partial charge in [0.2, 0.25) is 5.91 Å². The number of hydrogen-bond donors (Lipinski definition) is 0. The summed E-state index contributed by atoms with van der Waals surface area (Å²) in [5, 5.41) is 4.48. The van der Waals surface area contributed by atoms with E-state index in [4.69, 9.17) is 0 Å². The fourth-order valence-electron chi connectivity index (χ4n) is 3.48. The summed E-state index contributed by atoms with van der Waals surface area (Å²) in [7, 11) is 0. The lowest BCUT2D eigenvalue weighted by atomic mass is 10.1. The normalized spacial score (nSPS) is 11.0. The lowest BCUT2D eigenvalue weighted by Crippen LogP contribution is -2.32. The van der Waals surface area contributed by atoms with Gasteiger partial charge >= 0.3 is 0 Å². The molecular weight excluding hydrogens is 376 g/mol. The van der Waals surface area contributed by atoms with Crippen molar-refractivity contribution in [3.05, 3.63) is 88.8 Å². The van der Waals surface area contributed by atoms with Gasteiger partial charge < -0.3 is 4.90 Å². The van der Waals surface area contributed by atoms with E-state index in [0.29, 0.717) is 24.7 Å². The summed E-state index contributed by atoms with van der Waals surface area (Å²) in [6.07, 6.45) is 1.85. The monoisotopic (exact) mass is 400 g/mol. The molecule has 0 bridgehead atoms. The van der Waals surface area contributed by atoms with E-state index < -0.39 is 0 Å². The molecule has 0 saturated carbocycles. The Kier molecular flexibility index (Phi) is 5.52. The number of aromatic nitrogens is 5. The van der Waals surface area contributed by atoms with Gasteiger partial charge in [0.25, 0.3) is 5.78 Å². The highest BCUT2D eigenvalue weighted by Gasteiger charge is 2.19. The van der Waals surface area contributed by atoms with Crippen molar-refractivity contribution in [2.75, 3.05) is 0 Å². The summed E-state index contributed by atoms with van der Waals surface area (Å²) in [5.74, 6) is 0.939. The summed E-state index contributed by atoms with van der Waals surface area (Å²) < 4.78 is 1.68. The van der Waals surface area contributed by atoms with E-state index >= 15 is 0 Å². The van der Waals surface area contributed by atoms with E-state index in [1.165, 1.54) is 0 Å². The summed E-state index contributed by atoms with van der Waals surface area (Å²) >= 11 is 0. The first-order valence-electron chi connectivity index (χ1n) is 9.91. The Morgan fingerprint density at radius 3 is 2.63 bits per heavy atom. The number of amides is 1. The van der Waals surface area contributed by atoms with Crippen molar-refractivity contribution in [1.29, 1.82) is 0 Å². The number of fused-ring (bicyclic) bond motifs is 1. The van der Waals surface area contributed by atoms with Crippen LogP contribution in [0, 0.1) is 20.8 Å². The van der Waals surface area contributed by atoms with E-state index in [1.807, 2.05) is 63.2 Å². The van der Waals surface area contributed by atoms with Gasteiger partial charge in [-0.05, 0) is 44.5 Å². The molecule has 3 aromatic heterocycles. The van der Waals surface area contributed by atoms with Crippen molar-refractivity contribution in [3.63, 3.8) is 0 Å². The molecular formula is C23H24N6O. The predicted octanol–water partition coefficient (Wildman–Crippen LogP) is 3.22. The second-order valence-corrected chi connectivity index (χ2v) is 7.52. The van der Waals surface area contributed by atoms with Crippen LogP contribution in [0.25, 0.3) is 5.78 Å². The number of nitrogens with zero attached hydrogens (tertiary/aromatic N) is 6. The van der Waals surface area contributed by atoms with Crippen LogP contribution < -0.4 is 0 Å². The minimum atomic E-state index is -0.0487. The maximum Gasteiger partial charge on any atom is 0.252 e. The van der Waals surface area contributed by atoms with Crippen LogP contribution in [0.5, 0.6) is 0 Å². The molecule has 0 aliphatic rings. The summed E-state index contributed by atoms with van der Waals surface area (Å²) in [5.41, 5.74) is 4.90. The Labute approximate surface area is 175 Å². The van der Waals surface area contributed by atoms with Crippen LogP contribution in [0.3, 0.4) is 0 Å². The van der Waals surface area contributed by atoms with Crippen molar-refractivity contribution in [2.24, 2.45) is 0 Å². The van der Waals surface area contributed by atoms with Crippen LogP contribution in [-0.2, 0) is 24.3 Å². The maximum absolute atomic E-state index is 13.2. The highest BCUT2D eigenvalue weighted by atomic mass is 16.2. The number of rotatable bonds is 6. The quantitative estimate of drug-likeness (QED) is 0.497. The van der Waals surface area contributed by atoms with Crippen LogP contribution in [0.15, 0.2) is 54.7 Å². The zero-order valence-electron chi connectivity index (χ0n) is 17.4. The van der Waals surface area contributed by atoms with E-state index in [-0.39, 0.29) is 12.3 Å². The van der Waals surface area contributed by atoms with Gasteiger partial charge in [0.1, 0.15) is 0 Å². The molecule has 0 fully saturated rings. The Bertz CT molecular complexity index is 1190. The van der Waals surface area contributed by atoms with E-state index in [2.05, 4.69) is 26.1 Å². The molecule has 4 aromatic rings. The Hall–Kier alpha value is -3.61.